The van der Waals surface area contributed by atoms with Gasteiger partial charge in [0, 0.05) is 39.2 Å². The Hall–Kier alpha value is -6.64. The summed E-state index contributed by atoms with van der Waals surface area (Å²) in [4.78, 5) is 2.41. The van der Waals surface area contributed by atoms with Crippen LogP contribution in [0.3, 0.4) is 0 Å². The Morgan fingerprint density at radius 2 is 1.08 bits per heavy atom. The molecule has 1 heterocycles. The lowest BCUT2D eigenvalue weighted by Gasteiger charge is -2.29. The molecule has 9 aromatic carbocycles. The lowest BCUT2D eigenvalue weighted by Crippen LogP contribution is -2.16. The van der Waals surface area contributed by atoms with Crippen molar-refractivity contribution in [2.45, 2.75) is 19.3 Å². The van der Waals surface area contributed by atoms with E-state index < -0.39 is 0 Å². The average Bonchev–Trinajstić information content (AvgIpc) is 3.69. The number of para-hydroxylation sites is 1. The Kier molecular flexibility index (Phi) is 6.33. The van der Waals surface area contributed by atoms with Crippen molar-refractivity contribution in [2.75, 3.05) is 4.90 Å². The predicted octanol–water partition coefficient (Wildman–Crippen LogP) is 14.5. The Labute approximate surface area is 308 Å². The quantitative estimate of drug-likeness (QED) is 0.172. The van der Waals surface area contributed by atoms with Gasteiger partial charge in [0.15, 0.2) is 0 Å². The fourth-order valence-corrected chi connectivity index (χ4v) is 9.11. The first-order valence-electron chi connectivity index (χ1n) is 18.4. The Morgan fingerprint density at radius 1 is 0.434 bits per heavy atom. The van der Waals surface area contributed by atoms with E-state index in [-0.39, 0.29) is 5.41 Å². The lowest BCUT2D eigenvalue weighted by molar-refractivity contribution is 0.660. The van der Waals surface area contributed by atoms with Crippen LogP contribution in [0.5, 0.6) is 0 Å². The van der Waals surface area contributed by atoms with E-state index >= 15 is 0 Å². The van der Waals surface area contributed by atoms with Gasteiger partial charge in [-0.3, -0.25) is 0 Å². The molecule has 0 N–H and O–H groups in total. The van der Waals surface area contributed by atoms with E-state index in [1.165, 1.54) is 65.7 Å². The van der Waals surface area contributed by atoms with Gasteiger partial charge in [0.05, 0.1) is 5.69 Å². The standard InChI is InChI=1S/C51H35NO/c1-51(2)44-17-7-5-14-43(44)50-45(51)18-10-19-46(50)52(36-28-30-41-40-13-6-8-20-47(40)53-48(41)31-36)35-26-23-33(24-27-35)37-15-9-16-42-39(37)29-25-34-22-21-32-11-3-4-12-38(32)49(34)42/h3-31H,1-2H3. The van der Waals surface area contributed by atoms with E-state index in [1.54, 1.807) is 0 Å². The third-order valence-electron chi connectivity index (χ3n) is 11.6. The first kappa shape index (κ1) is 30.0. The Bertz CT molecular complexity index is 3090. The number of hydrogen-bond acceptors (Lipinski definition) is 2. The maximum Gasteiger partial charge on any atom is 0.137 e. The van der Waals surface area contributed by atoms with Crippen molar-refractivity contribution in [3.8, 4) is 22.3 Å². The van der Waals surface area contributed by atoms with Gasteiger partial charge in [0.25, 0.3) is 0 Å². The van der Waals surface area contributed by atoms with Crippen molar-refractivity contribution in [1.82, 2.24) is 0 Å². The van der Waals surface area contributed by atoms with Gasteiger partial charge in [0.2, 0.25) is 0 Å². The second-order valence-corrected chi connectivity index (χ2v) is 14.9. The molecule has 10 aromatic rings. The number of rotatable bonds is 4. The molecule has 53 heavy (non-hydrogen) atoms. The molecule has 0 fully saturated rings. The molecular formula is C51H35NO. The van der Waals surface area contributed by atoms with Crippen molar-refractivity contribution >= 4 is 71.3 Å². The third kappa shape index (κ3) is 4.39. The zero-order chi connectivity index (χ0) is 35.3. The number of furan rings is 1. The molecule has 0 spiro atoms. The van der Waals surface area contributed by atoms with Gasteiger partial charge in [-0.15, -0.1) is 0 Å². The van der Waals surface area contributed by atoms with E-state index in [0.29, 0.717) is 0 Å². The monoisotopic (exact) mass is 677 g/mol. The number of hydrogen-bond donors (Lipinski definition) is 0. The lowest BCUT2D eigenvalue weighted by atomic mass is 9.82. The first-order chi connectivity index (χ1) is 26.0. The van der Waals surface area contributed by atoms with E-state index in [0.717, 1.165) is 39.0 Å². The van der Waals surface area contributed by atoms with Gasteiger partial charge in [-0.1, -0.05) is 147 Å². The molecule has 0 saturated heterocycles. The third-order valence-corrected chi connectivity index (χ3v) is 11.6. The van der Waals surface area contributed by atoms with Crippen LogP contribution in [0.1, 0.15) is 25.0 Å². The van der Waals surface area contributed by atoms with E-state index in [2.05, 4.69) is 183 Å². The van der Waals surface area contributed by atoms with Gasteiger partial charge in [0.1, 0.15) is 11.2 Å². The summed E-state index contributed by atoms with van der Waals surface area (Å²) in [5.74, 6) is 0. The van der Waals surface area contributed by atoms with Crippen LogP contribution in [0.15, 0.2) is 180 Å². The molecule has 0 bridgehead atoms. The minimum Gasteiger partial charge on any atom is -0.456 e. The van der Waals surface area contributed by atoms with Crippen LogP contribution >= 0.6 is 0 Å². The van der Waals surface area contributed by atoms with E-state index in [1.807, 2.05) is 12.1 Å². The van der Waals surface area contributed by atoms with Crippen LogP contribution in [0.4, 0.5) is 17.1 Å². The highest BCUT2D eigenvalue weighted by atomic mass is 16.3. The minimum atomic E-state index is -0.107. The minimum absolute atomic E-state index is 0.107. The molecule has 0 atom stereocenters. The molecule has 2 nitrogen and oxygen atoms in total. The number of anilines is 3. The largest absolute Gasteiger partial charge is 0.456 e. The van der Waals surface area contributed by atoms with Crippen molar-refractivity contribution in [3.05, 3.63) is 187 Å². The first-order valence-corrected chi connectivity index (χ1v) is 18.4. The maximum atomic E-state index is 6.45. The Balaban J connectivity index is 1.10. The van der Waals surface area contributed by atoms with E-state index in [9.17, 15) is 0 Å². The van der Waals surface area contributed by atoms with Gasteiger partial charge in [-0.2, -0.15) is 0 Å². The topological polar surface area (TPSA) is 16.4 Å². The van der Waals surface area contributed by atoms with Crippen LogP contribution in [0, 0.1) is 0 Å². The smallest absolute Gasteiger partial charge is 0.137 e. The van der Waals surface area contributed by atoms with Crippen LogP contribution in [-0.2, 0) is 5.41 Å². The highest BCUT2D eigenvalue weighted by molar-refractivity contribution is 6.22. The van der Waals surface area contributed by atoms with Crippen LogP contribution < -0.4 is 4.90 Å². The molecule has 0 radical (unpaired) electrons. The van der Waals surface area contributed by atoms with Gasteiger partial charge < -0.3 is 9.32 Å². The number of fused-ring (bicyclic) bond motifs is 11. The van der Waals surface area contributed by atoms with Crippen molar-refractivity contribution < 1.29 is 4.42 Å². The van der Waals surface area contributed by atoms with Crippen molar-refractivity contribution in [3.63, 3.8) is 0 Å². The molecule has 1 aliphatic rings. The van der Waals surface area contributed by atoms with Gasteiger partial charge in [-0.05, 0) is 96.5 Å². The summed E-state index contributed by atoms with van der Waals surface area (Å²) in [5.41, 5.74) is 12.7. The Morgan fingerprint density at radius 3 is 1.98 bits per heavy atom. The molecule has 2 heteroatoms. The van der Waals surface area contributed by atoms with Crippen LogP contribution in [0.25, 0.3) is 76.5 Å². The van der Waals surface area contributed by atoms with E-state index in [4.69, 9.17) is 4.42 Å². The summed E-state index contributed by atoms with van der Waals surface area (Å²) in [6.45, 7) is 4.69. The number of benzene rings is 9. The highest BCUT2D eigenvalue weighted by Crippen LogP contribution is 2.54. The summed E-state index contributed by atoms with van der Waals surface area (Å²) < 4.78 is 6.45. The average molecular weight is 678 g/mol. The zero-order valence-electron chi connectivity index (χ0n) is 29.6. The second-order valence-electron chi connectivity index (χ2n) is 14.9. The fraction of sp³-hybridized carbons (Fsp3) is 0.0588. The maximum absolute atomic E-state index is 6.45. The summed E-state index contributed by atoms with van der Waals surface area (Å²) in [6.07, 6.45) is 0. The van der Waals surface area contributed by atoms with Crippen molar-refractivity contribution in [2.24, 2.45) is 0 Å². The zero-order valence-corrected chi connectivity index (χ0v) is 29.6. The van der Waals surface area contributed by atoms with Gasteiger partial charge >= 0.3 is 0 Å². The van der Waals surface area contributed by atoms with Gasteiger partial charge in [-0.25, -0.2) is 0 Å². The van der Waals surface area contributed by atoms with Crippen LogP contribution in [-0.4, -0.2) is 0 Å². The summed E-state index contributed by atoms with van der Waals surface area (Å²) in [6, 6.07) is 64.2. The molecule has 0 amide bonds. The molecule has 250 valence electrons. The molecule has 0 unspecified atom stereocenters. The molecular weight excluding hydrogens is 643 g/mol. The van der Waals surface area contributed by atoms with Crippen molar-refractivity contribution in [1.29, 1.82) is 0 Å². The predicted molar refractivity (Wildman–Crippen MR) is 224 cm³/mol. The summed E-state index contributed by atoms with van der Waals surface area (Å²) in [5, 5.41) is 9.94. The number of nitrogens with zero attached hydrogens (tertiary/aromatic N) is 1. The molecule has 0 aliphatic heterocycles. The molecule has 11 rings (SSSR count). The normalized spacial score (nSPS) is 13.2. The van der Waals surface area contributed by atoms with Crippen LogP contribution in [0.2, 0.25) is 0 Å². The molecule has 0 saturated carbocycles. The second kappa shape index (κ2) is 11.2. The fourth-order valence-electron chi connectivity index (χ4n) is 9.11. The summed E-state index contributed by atoms with van der Waals surface area (Å²) in [7, 11) is 0. The summed E-state index contributed by atoms with van der Waals surface area (Å²) >= 11 is 0. The SMILES string of the molecule is CC1(C)c2ccccc2-c2c(N(c3ccc(-c4cccc5c4ccc4ccc6ccccc6c45)cc3)c3ccc4c(c3)oc3ccccc34)cccc21. The highest BCUT2D eigenvalue weighted by Gasteiger charge is 2.37. The molecule has 1 aliphatic carbocycles. The molecule has 1 aromatic heterocycles.